The van der Waals surface area contributed by atoms with Gasteiger partial charge in [-0.25, -0.2) is 4.79 Å². The second-order valence-electron chi connectivity index (χ2n) is 2.80. The molecule has 1 radical (unpaired) electrons. The third kappa shape index (κ3) is 3.23. The fourth-order valence-corrected chi connectivity index (χ4v) is 2.04. The Labute approximate surface area is 118 Å². The first-order valence-electron chi connectivity index (χ1n) is 4.27. The molecule has 1 aromatic carbocycles. The maximum Gasteiger partial charge on any atom is 0.353 e. The summed E-state index contributed by atoms with van der Waals surface area (Å²) < 4.78 is 5.99. The third-order valence-corrected chi connectivity index (χ3v) is 3.27. The number of ether oxygens (including phenoxy) is 1. The molecule has 0 bridgehead atoms. The topological polar surface area (TPSA) is 26.3 Å². The average Bonchev–Trinajstić information content (AvgIpc) is 2.74. The van der Waals surface area contributed by atoms with Crippen LogP contribution in [0.1, 0.15) is 9.67 Å². The summed E-state index contributed by atoms with van der Waals surface area (Å²) in [4.78, 5) is 12.2. The van der Waals surface area contributed by atoms with Gasteiger partial charge in [0.1, 0.15) is 10.6 Å². The Hall–Kier alpha value is -0.533. The molecule has 0 spiro atoms. The molecule has 0 fully saturated rings. The number of hydrogen-bond donors (Lipinski definition) is 0. The van der Waals surface area contributed by atoms with Crippen molar-refractivity contribution < 1.29 is 9.53 Å². The van der Waals surface area contributed by atoms with Crippen molar-refractivity contribution in [2.45, 2.75) is 0 Å². The van der Waals surface area contributed by atoms with Crippen molar-refractivity contribution in [1.29, 1.82) is 0 Å². The summed E-state index contributed by atoms with van der Waals surface area (Å²) in [7, 11) is 0. The molecule has 0 saturated carbocycles. The van der Waals surface area contributed by atoms with Gasteiger partial charge in [-0.2, -0.15) is 0 Å². The Balaban J connectivity index is 0.00000128. The number of carbonyl (C=O) groups is 1. The Morgan fingerprint density at radius 2 is 1.94 bits per heavy atom. The molecule has 2 nitrogen and oxygen atoms in total. The predicted molar refractivity (Wildman–Crippen MR) is 69.2 cm³/mol. The normalized spacial score (nSPS) is 9.31. The Morgan fingerprint density at radius 1 is 1.19 bits per heavy atom. The molecule has 0 aliphatic heterocycles. The van der Waals surface area contributed by atoms with E-state index in [0.717, 1.165) is 4.47 Å². The quantitative estimate of drug-likeness (QED) is 0.481. The number of carbonyl (C=O) groups excluding carboxylic acids is 1. The summed E-state index contributed by atoms with van der Waals surface area (Å²) in [6.07, 6.45) is 0. The van der Waals surface area contributed by atoms with E-state index < -0.39 is 0 Å². The van der Waals surface area contributed by atoms with Gasteiger partial charge in [0.15, 0.2) is 0 Å². The molecule has 2 rings (SSSR count). The monoisotopic (exact) mass is 289 g/mol. The summed E-state index contributed by atoms with van der Waals surface area (Å²) in [5.41, 5.74) is 0. The molecule has 16 heavy (non-hydrogen) atoms. The average molecular weight is 290 g/mol. The van der Waals surface area contributed by atoms with Crippen molar-refractivity contribution in [2.24, 2.45) is 0 Å². The molecule has 2 aromatic rings. The minimum atomic E-state index is -0.322. The Morgan fingerprint density at radius 3 is 2.56 bits per heavy atom. The van der Waals surface area contributed by atoms with Crippen LogP contribution in [-0.2, 0) is 0 Å². The Bertz CT molecular complexity index is 471. The van der Waals surface area contributed by atoms with Crippen LogP contribution in [0.5, 0.6) is 5.75 Å². The van der Waals surface area contributed by atoms with Gasteiger partial charge in [-0.3, -0.25) is 0 Å². The molecular weight excluding hydrogens is 283 g/mol. The van der Waals surface area contributed by atoms with Crippen LogP contribution in [0.4, 0.5) is 0 Å². The first-order chi connectivity index (χ1) is 7.27. The summed E-state index contributed by atoms with van der Waals surface area (Å²) in [6, 6.07) is 10.8. The van der Waals surface area contributed by atoms with E-state index in [9.17, 15) is 4.79 Å². The van der Waals surface area contributed by atoms with Crippen molar-refractivity contribution in [3.8, 4) is 5.75 Å². The van der Waals surface area contributed by atoms with Gasteiger partial charge < -0.3 is 4.74 Å². The molecule has 0 unspecified atom stereocenters. The van der Waals surface area contributed by atoms with Crippen LogP contribution in [0.2, 0.25) is 0 Å². The first kappa shape index (κ1) is 13.5. The van der Waals surface area contributed by atoms with Crippen LogP contribution in [0.25, 0.3) is 0 Å². The van der Waals surface area contributed by atoms with E-state index in [-0.39, 0.29) is 24.8 Å². The molecule has 0 saturated heterocycles. The van der Waals surface area contributed by atoms with Crippen LogP contribution in [0, 0.1) is 0 Å². The van der Waals surface area contributed by atoms with Gasteiger partial charge in [0, 0.05) is 18.9 Å². The van der Waals surface area contributed by atoms with Gasteiger partial charge in [-0.15, -0.1) is 11.3 Å². The maximum atomic E-state index is 11.6. The minimum absolute atomic E-state index is 0. The number of esters is 1. The van der Waals surface area contributed by atoms with Gasteiger partial charge >= 0.3 is 5.97 Å². The fourth-order valence-electron chi connectivity index (χ4n) is 1.07. The molecule has 1 aromatic heterocycles. The molecular formula is C11H7BrLiO2S. The molecule has 5 heteroatoms. The number of halogens is 1. The summed E-state index contributed by atoms with van der Waals surface area (Å²) in [5, 5.41) is 1.84. The second kappa shape index (κ2) is 6.26. The number of rotatable bonds is 2. The van der Waals surface area contributed by atoms with Crippen LogP contribution in [-0.4, -0.2) is 24.8 Å². The predicted octanol–water partition coefficient (Wildman–Crippen LogP) is 3.35. The van der Waals surface area contributed by atoms with Crippen molar-refractivity contribution in [2.75, 3.05) is 0 Å². The van der Waals surface area contributed by atoms with Gasteiger partial charge in [0.25, 0.3) is 0 Å². The van der Waals surface area contributed by atoms with Gasteiger partial charge in [-0.1, -0.05) is 18.2 Å². The van der Waals surface area contributed by atoms with Gasteiger partial charge in [0.05, 0.1) is 4.47 Å². The van der Waals surface area contributed by atoms with E-state index in [1.165, 1.54) is 11.3 Å². The van der Waals surface area contributed by atoms with E-state index in [1.54, 1.807) is 12.1 Å². The third-order valence-electron chi connectivity index (χ3n) is 1.76. The van der Waals surface area contributed by atoms with Crippen LogP contribution < -0.4 is 4.74 Å². The molecule has 77 valence electrons. The van der Waals surface area contributed by atoms with Crippen molar-refractivity contribution in [3.05, 3.63) is 51.1 Å². The molecule has 0 aliphatic rings. The van der Waals surface area contributed by atoms with Crippen molar-refractivity contribution >= 4 is 52.1 Å². The van der Waals surface area contributed by atoms with E-state index in [4.69, 9.17) is 4.74 Å². The largest absolute Gasteiger partial charge is 0.421 e. The van der Waals surface area contributed by atoms with Crippen LogP contribution >= 0.6 is 27.3 Å². The molecule has 0 N–H and O–H groups in total. The summed E-state index contributed by atoms with van der Waals surface area (Å²) >= 11 is 4.68. The minimum Gasteiger partial charge on any atom is -0.421 e. The zero-order valence-corrected chi connectivity index (χ0v) is 11.0. The number of thiophene rings is 1. The standard InChI is InChI=1S/C11H7BrO2S.Li/c12-8-4-1-2-5-9(8)14-11(13)10-6-3-7-15-10;/h1-7H;. The van der Waals surface area contributed by atoms with E-state index in [0.29, 0.717) is 10.6 Å². The van der Waals surface area contributed by atoms with Crippen molar-refractivity contribution in [1.82, 2.24) is 0 Å². The summed E-state index contributed by atoms with van der Waals surface area (Å²) in [6.45, 7) is 0. The summed E-state index contributed by atoms with van der Waals surface area (Å²) in [5.74, 6) is 0.216. The van der Waals surface area contributed by atoms with Crippen LogP contribution in [0.15, 0.2) is 46.3 Å². The zero-order chi connectivity index (χ0) is 10.7. The van der Waals surface area contributed by atoms with Gasteiger partial charge in [0.2, 0.25) is 0 Å². The van der Waals surface area contributed by atoms with Crippen molar-refractivity contribution in [3.63, 3.8) is 0 Å². The first-order valence-corrected chi connectivity index (χ1v) is 5.95. The maximum absolute atomic E-state index is 11.6. The number of para-hydroxylation sites is 1. The Kier molecular flexibility index (Phi) is 5.30. The smallest absolute Gasteiger partial charge is 0.353 e. The second-order valence-corrected chi connectivity index (χ2v) is 4.60. The SMILES string of the molecule is O=C(Oc1ccccc1Br)c1cccs1.[Li]. The number of benzene rings is 1. The number of hydrogen-bond acceptors (Lipinski definition) is 3. The zero-order valence-electron chi connectivity index (χ0n) is 8.64. The molecule has 0 atom stereocenters. The van der Waals surface area contributed by atoms with E-state index in [1.807, 2.05) is 29.6 Å². The molecule has 0 aliphatic carbocycles. The van der Waals surface area contributed by atoms with E-state index >= 15 is 0 Å². The molecule has 0 amide bonds. The van der Waals surface area contributed by atoms with Crippen LogP contribution in [0.3, 0.4) is 0 Å². The molecule has 1 heterocycles. The fraction of sp³-hybridized carbons (Fsp3) is 0. The van der Waals surface area contributed by atoms with E-state index in [2.05, 4.69) is 15.9 Å². The van der Waals surface area contributed by atoms with Gasteiger partial charge in [-0.05, 0) is 39.5 Å².